The highest BCUT2D eigenvalue weighted by Crippen LogP contribution is 2.29. The van der Waals surface area contributed by atoms with Gasteiger partial charge in [-0.1, -0.05) is 24.3 Å². The van der Waals surface area contributed by atoms with Crippen LogP contribution in [0.1, 0.15) is 37.0 Å². The van der Waals surface area contributed by atoms with E-state index in [0.29, 0.717) is 30.7 Å². The molecule has 0 radical (unpaired) electrons. The van der Waals surface area contributed by atoms with E-state index < -0.39 is 11.9 Å². The maximum Gasteiger partial charge on any atom is 0.308 e. The molecule has 2 amide bonds. The molecule has 3 rings (SSSR count). The van der Waals surface area contributed by atoms with Crippen LogP contribution in [0.25, 0.3) is 10.8 Å². The largest absolute Gasteiger partial charge is 0.483 e. The quantitative estimate of drug-likeness (QED) is 0.780. The number of carbonyl (C=O) groups excluding carboxylic acids is 2. The van der Waals surface area contributed by atoms with Gasteiger partial charge in [-0.2, -0.15) is 0 Å². The van der Waals surface area contributed by atoms with Crippen molar-refractivity contribution in [3.05, 3.63) is 42.0 Å². The zero-order valence-electron chi connectivity index (χ0n) is 16.7. The van der Waals surface area contributed by atoms with Crippen LogP contribution in [0, 0.1) is 5.92 Å². The molecular formula is C22H26N2O5. The molecule has 0 spiro atoms. The molecule has 2 aromatic carbocycles. The van der Waals surface area contributed by atoms with Gasteiger partial charge in [-0.05, 0) is 49.6 Å². The minimum Gasteiger partial charge on any atom is -0.483 e. The Morgan fingerprint density at radius 2 is 1.90 bits per heavy atom. The van der Waals surface area contributed by atoms with Gasteiger partial charge in [0.05, 0.1) is 11.5 Å². The summed E-state index contributed by atoms with van der Waals surface area (Å²) in [6.45, 7) is 4.20. The molecule has 0 aromatic heterocycles. The Kier molecular flexibility index (Phi) is 6.36. The number of fused-ring (bicyclic) bond motifs is 1. The highest BCUT2D eigenvalue weighted by molar-refractivity contribution is 6.02. The molecule has 1 saturated heterocycles. The van der Waals surface area contributed by atoms with E-state index in [1.54, 1.807) is 17.0 Å². The fourth-order valence-electron chi connectivity index (χ4n) is 3.55. The van der Waals surface area contributed by atoms with Crippen LogP contribution in [0.3, 0.4) is 0 Å². The smallest absolute Gasteiger partial charge is 0.308 e. The van der Waals surface area contributed by atoms with Crippen molar-refractivity contribution in [1.82, 2.24) is 10.2 Å². The van der Waals surface area contributed by atoms with Crippen molar-refractivity contribution in [2.45, 2.75) is 32.7 Å². The van der Waals surface area contributed by atoms with Crippen LogP contribution in [0.5, 0.6) is 5.75 Å². The lowest BCUT2D eigenvalue weighted by Crippen LogP contribution is -2.42. The number of amides is 2. The first-order valence-corrected chi connectivity index (χ1v) is 9.82. The standard InChI is InChI=1S/C22H26N2O5/c1-14(2)23-20(25)13-29-19-11-16-7-4-3-6-15(16)10-18(19)21(26)24-9-5-8-17(12-24)22(27)28/h3-4,6-7,10-11,14,17H,5,8-9,12-13H2,1-2H3,(H,23,25)(H,27,28). The maximum atomic E-state index is 13.2. The number of ether oxygens (including phenoxy) is 1. The molecule has 29 heavy (non-hydrogen) atoms. The maximum absolute atomic E-state index is 13.2. The fraction of sp³-hybridized carbons (Fsp3) is 0.409. The van der Waals surface area contributed by atoms with Gasteiger partial charge in [-0.3, -0.25) is 14.4 Å². The second kappa shape index (κ2) is 8.94. The highest BCUT2D eigenvalue weighted by atomic mass is 16.5. The van der Waals surface area contributed by atoms with Gasteiger partial charge >= 0.3 is 5.97 Å². The second-order valence-corrected chi connectivity index (χ2v) is 7.63. The molecule has 0 aliphatic carbocycles. The molecule has 1 aliphatic heterocycles. The number of carbonyl (C=O) groups is 3. The summed E-state index contributed by atoms with van der Waals surface area (Å²) >= 11 is 0. The van der Waals surface area contributed by atoms with E-state index in [2.05, 4.69) is 5.32 Å². The summed E-state index contributed by atoms with van der Waals surface area (Å²) in [6.07, 6.45) is 1.21. The predicted octanol–water partition coefficient (Wildman–Crippen LogP) is 2.68. The van der Waals surface area contributed by atoms with Gasteiger partial charge in [0.15, 0.2) is 6.61 Å². The highest BCUT2D eigenvalue weighted by Gasteiger charge is 2.30. The first-order valence-electron chi connectivity index (χ1n) is 9.82. The molecule has 1 aliphatic rings. The third-order valence-electron chi connectivity index (χ3n) is 4.94. The van der Waals surface area contributed by atoms with Gasteiger partial charge < -0.3 is 20.1 Å². The minimum absolute atomic E-state index is 0.00916. The van der Waals surface area contributed by atoms with Crippen molar-refractivity contribution in [3.63, 3.8) is 0 Å². The topological polar surface area (TPSA) is 95.9 Å². The molecule has 7 heteroatoms. The Balaban J connectivity index is 1.88. The Morgan fingerprint density at radius 3 is 2.55 bits per heavy atom. The lowest BCUT2D eigenvalue weighted by molar-refractivity contribution is -0.143. The number of nitrogens with one attached hydrogen (secondary N) is 1. The number of hydrogen-bond donors (Lipinski definition) is 2. The van der Waals surface area contributed by atoms with E-state index >= 15 is 0 Å². The zero-order chi connectivity index (χ0) is 21.0. The van der Waals surface area contributed by atoms with E-state index in [1.165, 1.54) is 0 Å². The van der Waals surface area contributed by atoms with Crippen molar-refractivity contribution in [1.29, 1.82) is 0 Å². The number of likely N-dealkylation sites (tertiary alicyclic amines) is 1. The second-order valence-electron chi connectivity index (χ2n) is 7.63. The molecule has 2 aromatic rings. The molecule has 1 atom stereocenters. The van der Waals surface area contributed by atoms with Gasteiger partial charge in [0.2, 0.25) is 0 Å². The van der Waals surface area contributed by atoms with Gasteiger partial charge in [-0.15, -0.1) is 0 Å². The zero-order valence-corrected chi connectivity index (χ0v) is 16.7. The van der Waals surface area contributed by atoms with E-state index in [-0.39, 0.29) is 31.0 Å². The number of piperidine rings is 1. The normalized spacial score (nSPS) is 16.7. The summed E-state index contributed by atoms with van der Waals surface area (Å²) in [7, 11) is 0. The SMILES string of the molecule is CC(C)NC(=O)COc1cc2ccccc2cc1C(=O)N1CCCC(C(=O)O)C1. The molecule has 2 N–H and O–H groups in total. The van der Waals surface area contributed by atoms with Crippen LogP contribution in [-0.4, -0.2) is 53.5 Å². The van der Waals surface area contributed by atoms with Crippen LogP contribution in [0.2, 0.25) is 0 Å². The first kappa shape index (κ1) is 20.6. The van der Waals surface area contributed by atoms with Crippen LogP contribution >= 0.6 is 0 Å². The minimum atomic E-state index is -0.886. The summed E-state index contributed by atoms with van der Waals surface area (Å²) < 4.78 is 5.72. The number of benzene rings is 2. The van der Waals surface area contributed by atoms with Crippen molar-refractivity contribution >= 4 is 28.6 Å². The number of rotatable bonds is 6. The van der Waals surface area contributed by atoms with Gasteiger partial charge in [-0.25, -0.2) is 0 Å². The summed E-state index contributed by atoms with van der Waals surface area (Å²) in [4.78, 5) is 38.1. The van der Waals surface area contributed by atoms with Crippen LogP contribution in [0.15, 0.2) is 36.4 Å². The van der Waals surface area contributed by atoms with Crippen LogP contribution < -0.4 is 10.1 Å². The molecule has 1 heterocycles. The van der Waals surface area contributed by atoms with E-state index in [0.717, 1.165) is 10.8 Å². The molecular weight excluding hydrogens is 372 g/mol. The van der Waals surface area contributed by atoms with E-state index in [9.17, 15) is 19.5 Å². The third-order valence-corrected chi connectivity index (χ3v) is 4.94. The van der Waals surface area contributed by atoms with Crippen molar-refractivity contribution < 1.29 is 24.2 Å². The molecule has 1 unspecified atom stereocenters. The molecule has 154 valence electrons. The lowest BCUT2D eigenvalue weighted by Gasteiger charge is -2.31. The Bertz CT molecular complexity index is 925. The van der Waals surface area contributed by atoms with E-state index in [1.807, 2.05) is 38.1 Å². The van der Waals surface area contributed by atoms with Crippen molar-refractivity contribution in [2.75, 3.05) is 19.7 Å². The summed E-state index contributed by atoms with van der Waals surface area (Å²) in [6, 6.07) is 11.1. The average molecular weight is 398 g/mol. The molecule has 0 bridgehead atoms. The predicted molar refractivity (Wildman–Crippen MR) is 109 cm³/mol. The van der Waals surface area contributed by atoms with Gasteiger partial charge in [0, 0.05) is 19.1 Å². The van der Waals surface area contributed by atoms with Crippen molar-refractivity contribution in [2.24, 2.45) is 5.92 Å². The molecule has 7 nitrogen and oxygen atoms in total. The monoisotopic (exact) mass is 398 g/mol. The number of aliphatic carboxylic acids is 1. The van der Waals surface area contributed by atoms with Crippen molar-refractivity contribution in [3.8, 4) is 5.75 Å². The Labute approximate surface area is 169 Å². The van der Waals surface area contributed by atoms with Gasteiger partial charge in [0.25, 0.3) is 11.8 Å². The lowest BCUT2D eigenvalue weighted by atomic mass is 9.97. The van der Waals surface area contributed by atoms with Gasteiger partial charge in [0.1, 0.15) is 5.75 Å². The number of hydrogen-bond acceptors (Lipinski definition) is 4. The number of nitrogens with zero attached hydrogens (tertiary/aromatic N) is 1. The average Bonchev–Trinajstić information content (AvgIpc) is 2.70. The molecule has 0 saturated carbocycles. The Morgan fingerprint density at radius 1 is 1.21 bits per heavy atom. The summed E-state index contributed by atoms with van der Waals surface area (Å²) in [5.41, 5.74) is 0.340. The Hall–Kier alpha value is -3.09. The third kappa shape index (κ3) is 5.04. The van der Waals surface area contributed by atoms with Crippen LogP contribution in [-0.2, 0) is 9.59 Å². The van der Waals surface area contributed by atoms with Crippen LogP contribution in [0.4, 0.5) is 0 Å². The first-order chi connectivity index (χ1) is 13.8. The fourth-order valence-corrected chi connectivity index (χ4v) is 3.55. The van der Waals surface area contributed by atoms with E-state index in [4.69, 9.17) is 4.74 Å². The number of carboxylic acids is 1. The summed E-state index contributed by atoms with van der Waals surface area (Å²) in [5.74, 6) is -1.67. The number of carboxylic acid groups (broad SMARTS) is 1. The molecule has 1 fully saturated rings. The summed E-state index contributed by atoms with van der Waals surface area (Å²) in [5, 5.41) is 13.8.